The highest BCUT2D eigenvalue weighted by atomic mass is 16.4. The van der Waals surface area contributed by atoms with E-state index in [1.807, 2.05) is 20.8 Å². The molecule has 0 saturated heterocycles. The van der Waals surface area contributed by atoms with Crippen LogP contribution in [0.4, 0.5) is 0 Å². The summed E-state index contributed by atoms with van der Waals surface area (Å²) in [4.78, 5) is 27.0. The maximum Gasteiger partial charge on any atom is 0.331 e. The minimum absolute atomic E-state index is 0.0536. The molecular formula is C16H29N3O3. The Balaban J connectivity index is 0.000000763. The number of amides is 1. The Bertz CT molecular complexity index is 493. The molecule has 0 radical (unpaired) electrons. The first-order chi connectivity index (χ1) is 9.97. The second-order valence-corrected chi connectivity index (χ2v) is 6.16. The summed E-state index contributed by atoms with van der Waals surface area (Å²) in [6, 6.07) is 0.384. The summed E-state index contributed by atoms with van der Waals surface area (Å²) < 4.78 is 0. The molecule has 0 saturated carbocycles. The van der Waals surface area contributed by atoms with Crippen molar-refractivity contribution in [1.82, 2.24) is 5.32 Å². The fraction of sp³-hybridized carbons (Fsp3) is 0.688. The summed E-state index contributed by atoms with van der Waals surface area (Å²) >= 11 is 0. The van der Waals surface area contributed by atoms with E-state index < -0.39 is 11.5 Å². The highest BCUT2D eigenvalue weighted by Crippen LogP contribution is 2.27. The number of rotatable bonds is 4. The maximum atomic E-state index is 11.8. The molecule has 0 aliphatic carbocycles. The minimum atomic E-state index is -1.00. The zero-order chi connectivity index (χ0) is 17.7. The quantitative estimate of drug-likeness (QED) is 0.691. The van der Waals surface area contributed by atoms with Crippen LogP contribution in [0.2, 0.25) is 0 Å². The molecule has 1 heterocycles. The van der Waals surface area contributed by atoms with Crippen LogP contribution in [0.5, 0.6) is 0 Å². The van der Waals surface area contributed by atoms with E-state index in [2.05, 4.69) is 17.2 Å². The first-order valence-corrected chi connectivity index (χ1v) is 7.55. The van der Waals surface area contributed by atoms with Gasteiger partial charge in [0.1, 0.15) is 11.4 Å². The van der Waals surface area contributed by atoms with Gasteiger partial charge in [0.25, 0.3) is 5.91 Å². The Morgan fingerprint density at radius 1 is 1.36 bits per heavy atom. The van der Waals surface area contributed by atoms with Gasteiger partial charge >= 0.3 is 5.97 Å². The predicted octanol–water partition coefficient (Wildman–Crippen LogP) is 2.09. The van der Waals surface area contributed by atoms with Crippen LogP contribution in [0, 0.1) is 5.92 Å². The molecule has 0 bridgehead atoms. The van der Waals surface area contributed by atoms with E-state index in [1.165, 1.54) is 6.92 Å². The van der Waals surface area contributed by atoms with E-state index in [0.29, 0.717) is 17.5 Å². The summed E-state index contributed by atoms with van der Waals surface area (Å²) in [6.07, 6.45) is 1.08. The second-order valence-electron chi connectivity index (χ2n) is 6.16. The molecule has 0 spiro atoms. The Morgan fingerprint density at radius 3 is 2.09 bits per heavy atom. The molecule has 1 aliphatic rings. The van der Waals surface area contributed by atoms with E-state index in [0.717, 1.165) is 6.42 Å². The van der Waals surface area contributed by atoms with Gasteiger partial charge in [0.2, 0.25) is 0 Å². The van der Waals surface area contributed by atoms with E-state index in [4.69, 9.17) is 10.8 Å². The molecule has 0 aromatic rings. The number of nitrogens with zero attached hydrogens (tertiary/aromatic N) is 1. The van der Waals surface area contributed by atoms with Crippen LogP contribution in [0.3, 0.4) is 0 Å². The lowest BCUT2D eigenvalue weighted by molar-refractivity contribution is -0.132. The number of amidine groups is 1. The lowest BCUT2D eigenvalue weighted by atomic mass is 9.89. The van der Waals surface area contributed by atoms with Crippen LogP contribution in [-0.2, 0) is 9.59 Å². The van der Waals surface area contributed by atoms with Crippen molar-refractivity contribution in [2.75, 3.05) is 0 Å². The molecule has 1 amide bonds. The molecule has 2 atom stereocenters. The molecule has 4 N–H and O–H groups in total. The molecule has 1 aliphatic heterocycles. The second kappa shape index (κ2) is 8.08. The van der Waals surface area contributed by atoms with E-state index in [1.54, 1.807) is 13.8 Å². The number of aliphatic carboxylic acids is 1. The molecule has 0 fully saturated rings. The van der Waals surface area contributed by atoms with Gasteiger partial charge in [0.05, 0.1) is 0 Å². The first kappa shape index (κ1) is 20.3. The molecule has 6 nitrogen and oxygen atoms in total. The van der Waals surface area contributed by atoms with Gasteiger partial charge in [0, 0.05) is 17.2 Å². The number of hydrogen-bond acceptors (Lipinski definition) is 4. The number of nitrogens with one attached hydrogen (secondary N) is 1. The van der Waals surface area contributed by atoms with Crippen LogP contribution in [0.1, 0.15) is 54.9 Å². The molecule has 2 unspecified atom stereocenters. The van der Waals surface area contributed by atoms with Gasteiger partial charge in [-0.15, -0.1) is 0 Å². The smallest absolute Gasteiger partial charge is 0.331 e. The zero-order valence-electron chi connectivity index (χ0n) is 14.7. The minimum Gasteiger partial charge on any atom is -0.478 e. The van der Waals surface area contributed by atoms with Crippen molar-refractivity contribution in [3.63, 3.8) is 0 Å². The van der Waals surface area contributed by atoms with Gasteiger partial charge in [-0.2, -0.15) is 0 Å². The van der Waals surface area contributed by atoms with E-state index in [9.17, 15) is 9.59 Å². The average molecular weight is 311 g/mol. The van der Waals surface area contributed by atoms with Crippen LogP contribution in [0.25, 0.3) is 0 Å². The monoisotopic (exact) mass is 311 g/mol. The maximum absolute atomic E-state index is 11.8. The summed E-state index contributed by atoms with van der Waals surface area (Å²) in [5.74, 6) is -0.762. The predicted molar refractivity (Wildman–Crippen MR) is 88.8 cm³/mol. The van der Waals surface area contributed by atoms with Gasteiger partial charge in [-0.3, -0.25) is 9.79 Å². The van der Waals surface area contributed by atoms with Crippen molar-refractivity contribution in [3.05, 3.63) is 11.1 Å². The number of carboxylic acid groups (broad SMARTS) is 1. The van der Waals surface area contributed by atoms with Gasteiger partial charge in [-0.1, -0.05) is 20.8 Å². The zero-order valence-corrected chi connectivity index (χ0v) is 14.7. The first-order valence-electron chi connectivity index (χ1n) is 7.55. The molecule has 0 aromatic carbocycles. The SMILES string of the molecule is C/C(C(=O)O)=C(\C)C1=NC(C)(C(C)C)C(=O)N1.CCC(C)N. The summed E-state index contributed by atoms with van der Waals surface area (Å²) in [6.45, 7) is 12.8. The number of nitrogens with two attached hydrogens (primary N) is 1. The van der Waals surface area contributed by atoms with Crippen LogP contribution in [-0.4, -0.2) is 34.4 Å². The number of carbonyl (C=O) groups is 2. The molecule has 126 valence electrons. The average Bonchev–Trinajstić information content (AvgIpc) is 2.75. The lowest BCUT2D eigenvalue weighted by Gasteiger charge is -2.21. The summed E-state index contributed by atoms with van der Waals surface area (Å²) in [7, 11) is 0. The third kappa shape index (κ3) is 4.94. The molecule has 1 rings (SSSR count). The number of aliphatic imine (C=N–C) groups is 1. The fourth-order valence-corrected chi connectivity index (χ4v) is 1.45. The molecule has 6 heteroatoms. The third-order valence-corrected chi connectivity index (χ3v) is 4.04. The highest BCUT2D eigenvalue weighted by molar-refractivity contribution is 6.16. The Kier molecular flexibility index (Phi) is 7.46. The number of hydrogen-bond donors (Lipinski definition) is 3. The van der Waals surface area contributed by atoms with Crippen molar-refractivity contribution in [2.45, 2.75) is 66.5 Å². The van der Waals surface area contributed by atoms with Gasteiger partial charge in [-0.05, 0) is 40.0 Å². The van der Waals surface area contributed by atoms with Gasteiger partial charge in [0.15, 0.2) is 0 Å². The van der Waals surface area contributed by atoms with E-state index in [-0.39, 0.29) is 17.4 Å². The van der Waals surface area contributed by atoms with Crippen LogP contribution in [0.15, 0.2) is 16.1 Å². The van der Waals surface area contributed by atoms with Crippen molar-refractivity contribution in [1.29, 1.82) is 0 Å². The van der Waals surface area contributed by atoms with Crippen molar-refractivity contribution >= 4 is 17.7 Å². The van der Waals surface area contributed by atoms with Crippen LogP contribution >= 0.6 is 0 Å². The largest absolute Gasteiger partial charge is 0.478 e. The molecule has 0 aromatic heterocycles. The molecule has 22 heavy (non-hydrogen) atoms. The van der Waals surface area contributed by atoms with Crippen molar-refractivity contribution in [3.8, 4) is 0 Å². The fourth-order valence-electron chi connectivity index (χ4n) is 1.45. The molecular weight excluding hydrogens is 282 g/mol. The Labute approximate surface area is 132 Å². The van der Waals surface area contributed by atoms with Crippen molar-refractivity contribution < 1.29 is 14.7 Å². The Morgan fingerprint density at radius 2 is 1.82 bits per heavy atom. The normalized spacial score (nSPS) is 23.1. The van der Waals surface area contributed by atoms with Gasteiger partial charge < -0.3 is 16.2 Å². The highest BCUT2D eigenvalue weighted by Gasteiger charge is 2.42. The topological polar surface area (TPSA) is 105 Å². The third-order valence-electron chi connectivity index (χ3n) is 4.04. The number of carboxylic acids is 1. The lowest BCUT2D eigenvalue weighted by Crippen LogP contribution is -2.41. The Hall–Kier alpha value is -1.69. The van der Waals surface area contributed by atoms with Crippen molar-refractivity contribution in [2.24, 2.45) is 16.6 Å². The van der Waals surface area contributed by atoms with Gasteiger partial charge in [-0.25, -0.2) is 4.79 Å². The standard InChI is InChI=1S/C12H18N2O3.C4H11N/c1-6(2)12(5)11(17)13-9(14-12)7(3)8(4)10(15)16;1-3-4(2)5/h6H,1-5H3,(H,15,16)(H,13,14,17);4H,3,5H2,1-2H3/b8-7-;. The number of carbonyl (C=O) groups excluding carboxylic acids is 1. The van der Waals surface area contributed by atoms with E-state index >= 15 is 0 Å². The summed E-state index contributed by atoms with van der Waals surface area (Å²) in [5, 5.41) is 11.5. The summed E-state index contributed by atoms with van der Waals surface area (Å²) in [5.41, 5.74) is 5.17. The van der Waals surface area contributed by atoms with Crippen LogP contribution < -0.4 is 11.1 Å².